The third-order valence-electron chi connectivity index (χ3n) is 6.06. The number of carbonyl (C=O) groups excluding carboxylic acids is 2. The zero-order valence-electron chi connectivity index (χ0n) is 18.7. The van der Waals surface area contributed by atoms with Gasteiger partial charge in [0.05, 0.1) is 12.2 Å². The lowest BCUT2D eigenvalue weighted by molar-refractivity contribution is -0.123. The number of likely N-dealkylation sites (N-methyl/N-ethyl adjacent to an activating group) is 1. The van der Waals surface area contributed by atoms with Crippen LogP contribution in [-0.4, -0.2) is 18.9 Å². The zero-order chi connectivity index (χ0) is 25.5. The van der Waals surface area contributed by atoms with Crippen LogP contribution in [-0.2, 0) is 23.4 Å². The van der Waals surface area contributed by atoms with Crippen LogP contribution >= 0.6 is 0 Å². The van der Waals surface area contributed by atoms with E-state index in [1.807, 2.05) is 0 Å². The van der Waals surface area contributed by atoms with E-state index in [4.69, 9.17) is 0 Å². The van der Waals surface area contributed by atoms with Crippen molar-refractivity contribution >= 4 is 17.5 Å². The fourth-order valence-corrected chi connectivity index (χ4v) is 4.11. The van der Waals surface area contributed by atoms with E-state index < -0.39 is 58.5 Å². The van der Waals surface area contributed by atoms with Crippen LogP contribution in [0.4, 0.5) is 27.6 Å². The van der Waals surface area contributed by atoms with E-state index in [0.717, 1.165) is 18.2 Å². The summed E-state index contributed by atoms with van der Waals surface area (Å²) in [5, 5.41) is 5.32. The molecule has 1 atom stereocenters. The minimum absolute atomic E-state index is 0.0789. The SMILES string of the molecule is CNC1(C)C(=O)N(Cc2cc(F)cc(F)c2)c2cc(C(=O)NCc3c(F)cc(F)cc3F)ccc21. The summed E-state index contributed by atoms with van der Waals surface area (Å²) >= 11 is 0. The maximum Gasteiger partial charge on any atom is 0.252 e. The van der Waals surface area contributed by atoms with Crippen LogP contribution in [0.15, 0.2) is 48.5 Å². The minimum atomic E-state index is -1.16. The molecule has 3 aromatic carbocycles. The van der Waals surface area contributed by atoms with E-state index in [9.17, 15) is 31.5 Å². The van der Waals surface area contributed by atoms with Gasteiger partial charge >= 0.3 is 0 Å². The van der Waals surface area contributed by atoms with Crippen LogP contribution in [0.1, 0.15) is 34.0 Å². The van der Waals surface area contributed by atoms with E-state index >= 15 is 0 Å². The van der Waals surface area contributed by atoms with Gasteiger partial charge in [-0.2, -0.15) is 0 Å². The molecule has 35 heavy (non-hydrogen) atoms. The fourth-order valence-electron chi connectivity index (χ4n) is 4.11. The Labute approximate surface area is 197 Å². The first-order valence-corrected chi connectivity index (χ1v) is 10.6. The molecule has 4 rings (SSSR count). The van der Waals surface area contributed by atoms with E-state index in [1.54, 1.807) is 20.0 Å². The average molecular weight is 489 g/mol. The maximum atomic E-state index is 13.9. The smallest absolute Gasteiger partial charge is 0.252 e. The molecule has 182 valence electrons. The fraction of sp³-hybridized carbons (Fsp3) is 0.200. The van der Waals surface area contributed by atoms with Gasteiger partial charge in [0, 0.05) is 41.4 Å². The maximum absolute atomic E-state index is 13.9. The molecular formula is C25H20F5N3O2. The third-order valence-corrected chi connectivity index (χ3v) is 6.06. The molecule has 2 N–H and O–H groups in total. The summed E-state index contributed by atoms with van der Waals surface area (Å²) in [6.45, 7) is 0.947. The first-order valence-electron chi connectivity index (χ1n) is 10.6. The number of carbonyl (C=O) groups is 2. The van der Waals surface area contributed by atoms with Crippen molar-refractivity contribution in [2.24, 2.45) is 0 Å². The van der Waals surface area contributed by atoms with Crippen molar-refractivity contribution in [2.75, 3.05) is 11.9 Å². The molecule has 0 aromatic heterocycles. The van der Waals surface area contributed by atoms with E-state index in [2.05, 4.69) is 10.6 Å². The summed E-state index contributed by atoms with van der Waals surface area (Å²) in [4.78, 5) is 27.3. The summed E-state index contributed by atoms with van der Waals surface area (Å²) in [6.07, 6.45) is 0. The van der Waals surface area contributed by atoms with Crippen molar-refractivity contribution in [3.63, 3.8) is 0 Å². The summed E-state index contributed by atoms with van der Waals surface area (Å²) in [6, 6.07) is 8.37. The molecule has 0 spiro atoms. The molecule has 0 fully saturated rings. The number of benzene rings is 3. The highest BCUT2D eigenvalue weighted by molar-refractivity contribution is 6.08. The van der Waals surface area contributed by atoms with Gasteiger partial charge in [-0.3, -0.25) is 9.59 Å². The number of amides is 2. The lowest BCUT2D eigenvalue weighted by Crippen LogP contribution is -2.46. The van der Waals surface area contributed by atoms with Gasteiger partial charge in [0.25, 0.3) is 11.8 Å². The molecule has 0 saturated heterocycles. The topological polar surface area (TPSA) is 61.4 Å². The summed E-state index contributed by atoms with van der Waals surface area (Å²) in [5.74, 6) is -6.04. The second-order valence-corrected chi connectivity index (χ2v) is 8.31. The predicted molar refractivity (Wildman–Crippen MR) is 118 cm³/mol. The Kier molecular flexibility index (Phi) is 6.33. The van der Waals surface area contributed by atoms with Gasteiger partial charge in [0.15, 0.2) is 0 Å². The lowest BCUT2D eigenvalue weighted by atomic mass is 9.93. The van der Waals surface area contributed by atoms with Gasteiger partial charge in [-0.25, -0.2) is 22.0 Å². The molecule has 5 nitrogen and oxygen atoms in total. The molecule has 1 aliphatic heterocycles. The Bertz CT molecular complexity index is 1300. The highest BCUT2D eigenvalue weighted by atomic mass is 19.2. The van der Waals surface area contributed by atoms with E-state index in [0.29, 0.717) is 23.4 Å². The first-order chi connectivity index (χ1) is 16.5. The molecule has 0 bridgehead atoms. The number of nitrogens with zero attached hydrogens (tertiary/aromatic N) is 1. The molecule has 0 saturated carbocycles. The van der Waals surface area contributed by atoms with Crippen LogP contribution in [0, 0.1) is 29.1 Å². The number of halogens is 5. The van der Waals surface area contributed by atoms with E-state index in [-0.39, 0.29) is 17.7 Å². The minimum Gasteiger partial charge on any atom is -0.348 e. The first kappa shape index (κ1) is 24.3. The van der Waals surface area contributed by atoms with Crippen LogP contribution in [0.2, 0.25) is 0 Å². The van der Waals surface area contributed by atoms with Crippen molar-refractivity contribution in [3.05, 3.63) is 99.9 Å². The summed E-state index contributed by atoms with van der Waals surface area (Å²) < 4.78 is 68.3. The van der Waals surface area contributed by atoms with Crippen molar-refractivity contribution in [3.8, 4) is 0 Å². The van der Waals surface area contributed by atoms with Crippen molar-refractivity contribution in [2.45, 2.75) is 25.6 Å². The Morgan fingerprint density at radius 2 is 1.51 bits per heavy atom. The summed E-state index contributed by atoms with van der Waals surface area (Å²) in [7, 11) is 1.58. The Morgan fingerprint density at radius 3 is 2.11 bits per heavy atom. The highest BCUT2D eigenvalue weighted by Crippen LogP contribution is 2.41. The molecule has 3 aromatic rings. The van der Waals surface area contributed by atoms with Crippen LogP contribution < -0.4 is 15.5 Å². The van der Waals surface area contributed by atoms with Crippen LogP contribution in [0.5, 0.6) is 0 Å². The number of fused-ring (bicyclic) bond motifs is 1. The highest BCUT2D eigenvalue weighted by Gasteiger charge is 2.46. The standard InChI is InChI=1S/C25H20F5N3O2/c1-25(31-2)19-4-3-14(23(34)32-11-18-20(29)9-17(28)10-21(18)30)7-22(19)33(24(25)35)12-13-5-15(26)8-16(27)6-13/h3-10,31H,11-12H2,1-2H3,(H,32,34). The third kappa shape index (κ3) is 4.49. The second-order valence-electron chi connectivity index (χ2n) is 8.31. The summed E-state index contributed by atoms with van der Waals surface area (Å²) in [5.41, 5.74) is -0.503. The van der Waals surface area contributed by atoms with Crippen LogP contribution in [0.3, 0.4) is 0 Å². The molecular weight excluding hydrogens is 469 g/mol. The molecule has 0 radical (unpaired) electrons. The Morgan fingerprint density at radius 1 is 0.914 bits per heavy atom. The lowest BCUT2D eigenvalue weighted by Gasteiger charge is -2.24. The van der Waals surface area contributed by atoms with Crippen molar-refractivity contribution in [1.82, 2.24) is 10.6 Å². The Balaban J connectivity index is 1.64. The Hall–Kier alpha value is -3.79. The molecule has 0 aliphatic carbocycles. The number of rotatable bonds is 6. The monoisotopic (exact) mass is 489 g/mol. The quantitative estimate of drug-likeness (QED) is 0.508. The zero-order valence-corrected chi connectivity index (χ0v) is 18.7. The molecule has 1 heterocycles. The van der Waals surface area contributed by atoms with Gasteiger partial charge in [-0.1, -0.05) is 6.07 Å². The number of anilines is 1. The molecule has 1 unspecified atom stereocenters. The van der Waals surface area contributed by atoms with Gasteiger partial charge in [-0.15, -0.1) is 0 Å². The van der Waals surface area contributed by atoms with Crippen LogP contribution in [0.25, 0.3) is 0 Å². The number of hydrogen-bond donors (Lipinski definition) is 2. The normalized spacial score (nSPS) is 17.0. The van der Waals surface area contributed by atoms with Crippen molar-refractivity contribution < 1.29 is 31.5 Å². The largest absolute Gasteiger partial charge is 0.348 e. The van der Waals surface area contributed by atoms with Gasteiger partial charge in [0.1, 0.15) is 34.6 Å². The van der Waals surface area contributed by atoms with Gasteiger partial charge in [0.2, 0.25) is 0 Å². The second kappa shape index (κ2) is 9.10. The average Bonchev–Trinajstić information content (AvgIpc) is 2.99. The number of nitrogens with one attached hydrogen (secondary N) is 2. The number of hydrogen-bond acceptors (Lipinski definition) is 3. The van der Waals surface area contributed by atoms with Gasteiger partial charge < -0.3 is 15.5 Å². The molecule has 1 aliphatic rings. The van der Waals surface area contributed by atoms with E-state index in [1.165, 1.54) is 17.0 Å². The van der Waals surface area contributed by atoms with Crippen molar-refractivity contribution in [1.29, 1.82) is 0 Å². The van der Waals surface area contributed by atoms with Gasteiger partial charge in [-0.05, 0) is 43.8 Å². The predicted octanol–water partition coefficient (Wildman–Crippen LogP) is 4.29. The molecule has 10 heteroatoms. The molecule has 2 amide bonds.